The molecule has 3 aromatic rings. The molecule has 1 amide bonds. The number of carbonyl (C=O) groups excluding carboxylic acids is 1. The van der Waals surface area contributed by atoms with Crippen LogP contribution in [0.3, 0.4) is 0 Å². The number of hydrogen-bond acceptors (Lipinski definition) is 3. The zero-order chi connectivity index (χ0) is 20.0. The van der Waals surface area contributed by atoms with E-state index >= 15 is 0 Å². The van der Waals surface area contributed by atoms with E-state index in [-0.39, 0.29) is 5.41 Å². The number of nitrogens with zero attached hydrogens (tertiary/aromatic N) is 2. The minimum Gasteiger partial charge on any atom is -0.383 e. The van der Waals surface area contributed by atoms with Gasteiger partial charge in [0.2, 0.25) is 5.91 Å². The lowest BCUT2D eigenvalue weighted by molar-refractivity contribution is -0.132. The fourth-order valence-corrected chi connectivity index (χ4v) is 5.30. The average Bonchev–Trinajstić information content (AvgIpc) is 3.11. The highest BCUT2D eigenvalue weighted by Gasteiger charge is 2.41. The van der Waals surface area contributed by atoms with Crippen LogP contribution in [0.1, 0.15) is 43.7 Å². The van der Waals surface area contributed by atoms with E-state index in [4.69, 9.17) is 5.73 Å². The molecular formula is C25H27N3O. The number of rotatable bonds is 2. The van der Waals surface area contributed by atoms with Crippen LogP contribution < -0.4 is 5.73 Å². The Kier molecular flexibility index (Phi) is 4.30. The summed E-state index contributed by atoms with van der Waals surface area (Å²) in [5, 5.41) is 2.13. The number of hydrogen-bond donors (Lipinski definition) is 1. The van der Waals surface area contributed by atoms with E-state index in [0.29, 0.717) is 18.1 Å². The summed E-state index contributed by atoms with van der Waals surface area (Å²) in [5.41, 5.74) is 11.8. The predicted molar refractivity (Wildman–Crippen MR) is 118 cm³/mol. The lowest BCUT2D eigenvalue weighted by Crippen LogP contribution is -2.44. The second-order valence-corrected chi connectivity index (χ2v) is 8.52. The Hall–Kier alpha value is -2.88. The Morgan fingerprint density at radius 3 is 2.62 bits per heavy atom. The molecule has 2 aliphatic rings. The first kappa shape index (κ1) is 18.2. The molecule has 0 radical (unpaired) electrons. The molecule has 0 unspecified atom stereocenters. The summed E-state index contributed by atoms with van der Waals surface area (Å²) in [6, 6.07) is 15.4. The first-order chi connectivity index (χ1) is 14.1. The summed E-state index contributed by atoms with van der Waals surface area (Å²) < 4.78 is 0. The van der Waals surface area contributed by atoms with Gasteiger partial charge in [0.1, 0.15) is 5.82 Å². The number of likely N-dealkylation sites (tertiary alicyclic amines) is 1. The molecule has 5 rings (SSSR count). The Morgan fingerprint density at radius 1 is 1.07 bits per heavy atom. The van der Waals surface area contributed by atoms with Gasteiger partial charge in [-0.1, -0.05) is 37.3 Å². The molecule has 1 aliphatic carbocycles. The maximum atomic E-state index is 12.0. The van der Waals surface area contributed by atoms with Crippen LogP contribution in [0, 0.1) is 0 Å². The van der Waals surface area contributed by atoms with Gasteiger partial charge in [0.15, 0.2) is 0 Å². The predicted octanol–water partition coefficient (Wildman–Crippen LogP) is 4.70. The zero-order valence-corrected chi connectivity index (χ0v) is 16.9. The molecule has 0 bridgehead atoms. The normalized spacial score (nSPS) is 17.6. The molecule has 2 aromatic carbocycles. The van der Waals surface area contributed by atoms with Crippen LogP contribution >= 0.6 is 0 Å². The standard InChI is InChI=1S/C25H27N3O/c1-2-23(29)28-13-10-25(11-14-28)9-7-20-15-18(5-6-22(20)25)19-4-3-17-8-12-27-24(26)21(17)16-19/h3-6,8,12,15-16H,2,7,9-11,13-14H2,1H3,(H2,26,27). The van der Waals surface area contributed by atoms with Crippen molar-refractivity contribution in [2.24, 2.45) is 0 Å². The van der Waals surface area contributed by atoms with E-state index in [9.17, 15) is 4.79 Å². The smallest absolute Gasteiger partial charge is 0.222 e. The van der Waals surface area contributed by atoms with Gasteiger partial charge in [0.05, 0.1) is 0 Å². The second-order valence-electron chi connectivity index (χ2n) is 8.52. The van der Waals surface area contributed by atoms with Gasteiger partial charge < -0.3 is 10.6 Å². The van der Waals surface area contributed by atoms with Crippen molar-refractivity contribution in [2.75, 3.05) is 18.8 Å². The molecular weight excluding hydrogens is 358 g/mol. The number of anilines is 1. The highest BCUT2D eigenvalue weighted by Crippen LogP contribution is 2.47. The summed E-state index contributed by atoms with van der Waals surface area (Å²) in [7, 11) is 0. The molecule has 2 N–H and O–H groups in total. The van der Waals surface area contributed by atoms with Crippen LogP contribution in [0.15, 0.2) is 48.7 Å². The summed E-state index contributed by atoms with van der Waals surface area (Å²) in [4.78, 5) is 18.3. The van der Waals surface area contributed by atoms with Crippen molar-refractivity contribution in [3.8, 4) is 11.1 Å². The fourth-order valence-electron chi connectivity index (χ4n) is 5.30. The van der Waals surface area contributed by atoms with Crippen molar-refractivity contribution in [3.05, 3.63) is 59.8 Å². The van der Waals surface area contributed by atoms with Gasteiger partial charge in [-0.2, -0.15) is 0 Å². The van der Waals surface area contributed by atoms with E-state index < -0.39 is 0 Å². The number of nitrogen functional groups attached to an aromatic ring is 1. The van der Waals surface area contributed by atoms with Crippen LogP contribution in [0.25, 0.3) is 21.9 Å². The number of aromatic nitrogens is 1. The minimum atomic E-state index is 0.260. The van der Waals surface area contributed by atoms with Crippen molar-refractivity contribution in [2.45, 2.75) is 44.4 Å². The van der Waals surface area contributed by atoms with Crippen molar-refractivity contribution in [3.63, 3.8) is 0 Å². The molecule has 0 atom stereocenters. The number of fused-ring (bicyclic) bond motifs is 3. The third-order valence-corrected chi connectivity index (χ3v) is 7.06. The monoisotopic (exact) mass is 385 g/mol. The first-order valence-electron chi connectivity index (χ1n) is 10.7. The largest absolute Gasteiger partial charge is 0.383 e. The number of pyridine rings is 1. The summed E-state index contributed by atoms with van der Waals surface area (Å²) in [6.07, 6.45) is 6.87. The molecule has 4 nitrogen and oxygen atoms in total. The number of carbonyl (C=O) groups is 1. The van der Waals surface area contributed by atoms with Crippen molar-refractivity contribution >= 4 is 22.5 Å². The molecule has 2 heterocycles. The van der Waals surface area contributed by atoms with Crippen LogP contribution in [0.5, 0.6) is 0 Å². The van der Waals surface area contributed by atoms with Crippen LogP contribution in [-0.2, 0) is 16.6 Å². The maximum Gasteiger partial charge on any atom is 0.222 e. The van der Waals surface area contributed by atoms with Gasteiger partial charge in [-0.3, -0.25) is 4.79 Å². The first-order valence-corrected chi connectivity index (χ1v) is 10.7. The lowest BCUT2D eigenvalue weighted by Gasteiger charge is -2.40. The number of aryl methyl sites for hydroxylation is 1. The van der Waals surface area contributed by atoms with E-state index in [2.05, 4.69) is 41.4 Å². The number of amides is 1. The molecule has 29 heavy (non-hydrogen) atoms. The minimum absolute atomic E-state index is 0.260. The van der Waals surface area contributed by atoms with Gasteiger partial charge >= 0.3 is 0 Å². The molecule has 148 valence electrons. The van der Waals surface area contributed by atoms with Crippen LogP contribution in [-0.4, -0.2) is 28.9 Å². The van der Waals surface area contributed by atoms with Gasteiger partial charge in [0.25, 0.3) is 0 Å². The van der Waals surface area contributed by atoms with Crippen LogP contribution in [0.2, 0.25) is 0 Å². The number of piperidine rings is 1. The van der Waals surface area contributed by atoms with Gasteiger partial charge in [0, 0.05) is 31.1 Å². The second kappa shape index (κ2) is 6.87. The topological polar surface area (TPSA) is 59.2 Å². The van der Waals surface area contributed by atoms with E-state index in [1.54, 1.807) is 6.20 Å². The Bertz CT molecular complexity index is 1100. The van der Waals surface area contributed by atoms with Crippen LogP contribution in [0.4, 0.5) is 5.82 Å². The van der Waals surface area contributed by atoms with Gasteiger partial charge in [-0.05, 0) is 70.9 Å². The zero-order valence-electron chi connectivity index (χ0n) is 16.9. The molecule has 1 spiro atoms. The molecule has 1 fully saturated rings. The molecule has 1 saturated heterocycles. The van der Waals surface area contributed by atoms with Gasteiger partial charge in [-0.15, -0.1) is 0 Å². The molecule has 4 heteroatoms. The van der Waals surface area contributed by atoms with Crippen molar-refractivity contribution < 1.29 is 4.79 Å². The Labute approximate surface area is 171 Å². The maximum absolute atomic E-state index is 12.0. The third-order valence-electron chi connectivity index (χ3n) is 7.06. The van der Waals surface area contributed by atoms with E-state index in [1.807, 2.05) is 17.9 Å². The highest BCUT2D eigenvalue weighted by molar-refractivity contribution is 5.94. The fraction of sp³-hybridized carbons (Fsp3) is 0.360. The third kappa shape index (κ3) is 2.98. The lowest BCUT2D eigenvalue weighted by atomic mass is 9.73. The van der Waals surface area contributed by atoms with Crippen molar-refractivity contribution in [1.29, 1.82) is 0 Å². The SMILES string of the molecule is CCC(=O)N1CCC2(CCc3cc(-c4ccc5ccnc(N)c5c4)ccc32)CC1. The van der Waals surface area contributed by atoms with E-state index in [0.717, 1.165) is 43.1 Å². The quantitative estimate of drug-likeness (QED) is 0.695. The van der Waals surface area contributed by atoms with E-state index in [1.165, 1.54) is 28.7 Å². The summed E-state index contributed by atoms with van der Waals surface area (Å²) >= 11 is 0. The van der Waals surface area contributed by atoms with Gasteiger partial charge in [-0.25, -0.2) is 4.98 Å². The molecule has 1 aromatic heterocycles. The Morgan fingerprint density at radius 2 is 1.83 bits per heavy atom. The number of benzene rings is 2. The molecule has 0 saturated carbocycles. The highest BCUT2D eigenvalue weighted by atomic mass is 16.2. The summed E-state index contributed by atoms with van der Waals surface area (Å²) in [6.45, 7) is 3.74. The summed E-state index contributed by atoms with van der Waals surface area (Å²) in [5.74, 6) is 0.872. The number of nitrogens with two attached hydrogens (primary N) is 1. The van der Waals surface area contributed by atoms with Crippen molar-refractivity contribution in [1.82, 2.24) is 9.88 Å². The average molecular weight is 386 g/mol. The molecule has 1 aliphatic heterocycles. The Balaban J connectivity index is 1.45.